The Kier molecular flexibility index (Phi) is 1.96. The normalized spacial score (nSPS) is 10.4. The summed E-state index contributed by atoms with van der Waals surface area (Å²) in [5.41, 5.74) is 8.85. The summed E-state index contributed by atoms with van der Waals surface area (Å²) >= 11 is 0. The van der Waals surface area contributed by atoms with Crippen LogP contribution in [-0.4, -0.2) is 15.0 Å². The number of rotatable bonds is 1. The number of nitrogens with two attached hydrogens (primary N) is 1. The van der Waals surface area contributed by atoms with Gasteiger partial charge in [-0.15, -0.1) is 5.10 Å². The molecule has 0 radical (unpaired) electrons. The molecule has 0 atom stereocenters. The van der Waals surface area contributed by atoms with E-state index >= 15 is 0 Å². The van der Waals surface area contributed by atoms with Crippen LogP contribution in [0.3, 0.4) is 0 Å². The molecule has 1 aromatic heterocycles. The van der Waals surface area contributed by atoms with Gasteiger partial charge in [-0.1, -0.05) is 29.0 Å². The summed E-state index contributed by atoms with van der Waals surface area (Å²) in [6.45, 7) is 2.05. The van der Waals surface area contributed by atoms with Crippen LogP contribution in [-0.2, 0) is 7.05 Å². The molecule has 0 spiro atoms. The molecule has 0 unspecified atom stereocenters. The van der Waals surface area contributed by atoms with Gasteiger partial charge in [0, 0.05) is 12.6 Å². The van der Waals surface area contributed by atoms with E-state index in [0.29, 0.717) is 5.82 Å². The quantitative estimate of drug-likeness (QED) is 0.735. The van der Waals surface area contributed by atoms with E-state index in [9.17, 15) is 0 Å². The SMILES string of the molecule is Cc1cccc(-c2c(N)nnn2C)c1. The first kappa shape index (κ1) is 8.74. The highest BCUT2D eigenvalue weighted by atomic mass is 15.4. The van der Waals surface area contributed by atoms with Crippen molar-refractivity contribution in [1.29, 1.82) is 0 Å². The first-order valence-electron chi connectivity index (χ1n) is 4.40. The van der Waals surface area contributed by atoms with Gasteiger partial charge in [0.15, 0.2) is 5.82 Å². The van der Waals surface area contributed by atoms with Crippen molar-refractivity contribution in [2.24, 2.45) is 7.05 Å². The Morgan fingerprint density at radius 2 is 2.14 bits per heavy atom. The molecule has 14 heavy (non-hydrogen) atoms. The molecular formula is C10H12N4. The minimum absolute atomic E-state index is 0.470. The van der Waals surface area contributed by atoms with Gasteiger partial charge in [-0.3, -0.25) is 0 Å². The van der Waals surface area contributed by atoms with E-state index in [4.69, 9.17) is 5.73 Å². The smallest absolute Gasteiger partial charge is 0.174 e. The molecule has 0 amide bonds. The van der Waals surface area contributed by atoms with Crippen LogP contribution in [0.25, 0.3) is 11.3 Å². The number of nitrogens with zero attached hydrogens (tertiary/aromatic N) is 3. The molecule has 1 heterocycles. The summed E-state index contributed by atoms with van der Waals surface area (Å²) in [6.07, 6.45) is 0. The molecule has 2 N–H and O–H groups in total. The van der Waals surface area contributed by atoms with Crippen LogP contribution in [0.2, 0.25) is 0 Å². The molecule has 0 fully saturated rings. The molecule has 0 bridgehead atoms. The Hall–Kier alpha value is -1.84. The fourth-order valence-electron chi connectivity index (χ4n) is 1.50. The Bertz CT molecular complexity index is 439. The van der Waals surface area contributed by atoms with Crippen LogP contribution in [0, 0.1) is 6.92 Å². The maximum atomic E-state index is 5.73. The lowest BCUT2D eigenvalue weighted by atomic mass is 10.1. The second-order valence-electron chi connectivity index (χ2n) is 3.32. The van der Waals surface area contributed by atoms with E-state index in [2.05, 4.69) is 16.4 Å². The molecule has 4 heteroatoms. The Labute approximate surface area is 82.4 Å². The van der Waals surface area contributed by atoms with Gasteiger partial charge in [-0.05, 0) is 13.0 Å². The minimum atomic E-state index is 0.470. The third kappa shape index (κ3) is 1.35. The molecule has 1 aromatic carbocycles. The molecule has 4 nitrogen and oxygen atoms in total. The number of hydrogen-bond donors (Lipinski definition) is 1. The monoisotopic (exact) mass is 188 g/mol. The molecule has 0 aliphatic carbocycles. The summed E-state index contributed by atoms with van der Waals surface area (Å²) in [6, 6.07) is 8.11. The maximum absolute atomic E-state index is 5.73. The van der Waals surface area contributed by atoms with Crippen LogP contribution < -0.4 is 5.73 Å². The molecule has 0 saturated carbocycles. The molecule has 2 rings (SSSR count). The molecule has 0 saturated heterocycles. The fraction of sp³-hybridized carbons (Fsp3) is 0.200. The summed E-state index contributed by atoms with van der Waals surface area (Å²) in [5, 5.41) is 7.68. The number of aromatic nitrogens is 3. The van der Waals surface area contributed by atoms with Crippen molar-refractivity contribution in [3.8, 4) is 11.3 Å². The van der Waals surface area contributed by atoms with E-state index in [0.717, 1.165) is 11.3 Å². The Morgan fingerprint density at radius 3 is 2.71 bits per heavy atom. The first-order chi connectivity index (χ1) is 6.68. The average Bonchev–Trinajstić information content (AvgIpc) is 2.46. The predicted molar refractivity (Wildman–Crippen MR) is 55.6 cm³/mol. The fourth-order valence-corrected chi connectivity index (χ4v) is 1.50. The van der Waals surface area contributed by atoms with Gasteiger partial charge in [0.25, 0.3) is 0 Å². The van der Waals surface area contributed by atoms with Crippen LogP contribution in [0.15, 0.2) is 24.3 Å². The number of nitrogen functional groups attached to an aromatic ring is 1. The van der Waals surface area contributed by atoms with Crippen LogP contribution in [0.5, 0.6) is 0 Å². The van der Waals surface area contributed by atoms with Gasteiger partial charge in [0.1, 0.15) is 5.69 Å². The Morgan fingerprint density at radius 1 is 1.36 bits per heavy atom. The van der Waals surface area contributed by atoms with Crippen molar-refractivity contribution in [1.82, 2.24) is 15.0 Å². The van der Waals surface area contributed by atoms with Crippen molar-refractivity contribution < 1.29 is 0 Å². The van der Waals surface area contributed by atoms with E-state index in [1.807, 2.05) is 32.2 Å². The van der Waals surface area contributed by atoms with Gasteiger partial charge < -0.3 is 5.73 Å². The van der Waals surface area contributed by atoms with Gasteiger partial charge >= 0.3 is 0 Å². The van der Waals surface area contributed by atoms with Gasteiger partial charge in [-0.2, -0.15) is 0 Å². The topological polar surface area (TPSA) is 56.7 Å². The number of hydrogen-bond acceptors (Lipinski definition) is 3. The highest BCUT2D eigenvalue weighted by molar-refractivity contribution is 5.70. The van der Waals surface area contributed by atoms with E-state index in [-0.39, 0.29) is 0 Å². The molecule has 2 aromatic rings. The predicted octanol–water partition coefficient (Wildman–Crippen LogP) is 1.37. The van der Waals surface area contributed by atoms with Crippen molar-refractivity contribution in [3.63, 3.8) is 0 Å². The van der Waals surface area contributed by atoms with Crippen molar-refractivity contribution in [2.75, 3.05) is 5.73 Å². The molecule has 0 aliphatic rings. The van der Waals surface area contributed by atoms with Gasteiger partial charge in [-0.25, -0.2) is 4.68 Å². The lowest BCUT2D eigenvalue weighted by molar-refractivity contribution is 0.721. The third-order valence-electron chi connectivity index (χ3n) is 2.14. The maximum Gasteiger partial charge on any atom is 0.174 e. The van der Waals surface area contributed by atoms with E-state index in [1.54, 1.807) is 4.68 Å². The standard InChI is InChI=1S/C10H12N4/c1-7-4-3-5-8(6-7)9-10(11)12-13-14(9)2/h3-6H,11H2,1-2H3. The lowest BCUT2D eigenvalue weighted by Gasteiger charge is -2.02. The lowest BCUT2D eigenvalue weighted by Crippen LogP contribution is -1.95. The van der Waals surface area contributed by atoms with E-state index in [1.165, 1.54) is 5.56 Å². The molecule has 0 aliphatic heterocycles. The number of aryl methyl sites for hydroxylation is 2. The van der Waals surface area contributed by atoms with Gasteiger partial charge in [0.2, 0.25) is 0 Å². The number of anilines is 1. The van der Waals surface area contributed by atoms with Crippen molar-refractivity contribution >= 4 is 5.82 Å². The highest BCUT2D eigenvalue weighted by Crippen LogP contribution is 2.23. The first-order valence-corrected chi connectivity index (χ1v) is 4.40. The van der Waals surface area contributed by atoms with Crippen LogP contribution >= 0.6 is 0 Å². The van der Waals surface area contributed by atoms with Gasteiger partial charge in [0.05, 0.1) is 0 Å². The summed E-state index contributed by atoms with van der Waals surface area (Å²) in [7, 11) is 1.83. The average molecular weight is 188 g/mol. The number of benzene rings is 1. The van der Waals surface area contributed by atoms with Crippen LogP contribution in [0.1, 0.15) is 5.56 Å². The molecule has 72 valence electrons. The van der Waals surface area contributed by atoms with Crippen molar-refractivity contribution in [3.05, 3.63) is 29.8 Å². The second kappa shape index (κ2) is 3.14. The summed E-state index contributed by atoms with van der Waals surface area (Å²) in [5.74, 6) is 0.470. The summed E-state index contributed by atoms with van der Waals surface area (Å²) < 4.78 is 1.68. The third-order valence-corrected chi connectivity index (χ3v) is 2.14. The molecular weight excluding hydrogens is 176 g/mol. The van der Waals surface area contributed by atoms with Crippen LogP contribution in [0.4, 0.5) is 5.82 Å². The zero-order valence-corrected chi connectivity index (χ0v) is 8.23. The zero-order chi connectivity index (χ0) is 10.1. The second-order valence-corrected chi connectivity index (χ2v) is 3.32. The summed E-state index contributed by atoms with van der Waals surface area (Å²) in [4.78, 5) is 0. The van der Waals surface area contributed by atoms with Crippen molar-refractivity contribution in [2.45, 2.75) is 6.92 Å². The highest BCUT2D eigenvalue weighted by Gasteiger charge is 2.09. The Balaban J connectivity index is 2.59. The minimum Gasteiger partial charge on any atom is -0.380 e. The largest absolute Gasteiger partial charge is 0.380 e. The zero-order valence-electron chi connectivity index (χ0n) is 8.23. The van der Waals surface area contributed by atoms with E-state index < -0.39 is 0 Å².